The maximum absolute atomic E-state index is 13.6. The predicted octanol–water partition coefficient (Wildman–Crippen LogP) is 6.07. The van der Waals surface area contributed by atoms with E-state index in [1.807, 2.05) is 55.4 Å². The van der Waals surface area contributed by atoms with Crippen molar-refractivity contribution in [1.82, 2.24) is 13.5 Å². The van der Waals surface area contributed by atoms with Crippen molar-refractivity contribution < 1.29 is 36.5 Å². The number of fused-ring (bicyclic) bond motifs is 4. The van der Waals surface area contributed by atoms with Crippen LogP contribution >= 0.6 is 31.9 Å². The Morgan fingerprint density at radius 3 is 1.40 bits per heavy atom. The maximum Gasteiger partial charge on any atom is 0.215 e. The van der Waals surface area contributed by atoms with Gasteiger partial charge in [0.1, 0.15) is 0 Å². The molecule has 0 amide bonds. The van der Waals surface area contributed by atoms with E-state index in [0.29, 0.717) is 44.4 Å². The minimum absolute atomic E-state index is 0.00639. The Morgan fingerprint density at radius 1 is 0.707 bits per heavy atom. The number of aliphatic hydroxyl groups is 2. The van der Waals surface area contributed by atoms with Crippen molar-refractivity contribution >= 4 is 51.9 Å². The molecule has 4 saturated carbocycles. The summed E-state index contributed by atoms with van der Waals surface area (Å²) in [6, 6.07) is -0.362. The van der Waals surface area contributed by atoms with Gasteiger partial charge in [0.05, 0.1) is 49.1 Å². The number of rotatable bonds is 17. The zero-order valence-electron chi connectivity index (χ0n) is 38.0. The van der Waals surface area contributed by atoms with Gasteiger partial charge in [-0.25, -0.2) is 16.8 Å². The zero-order valence-corrected chi connectivity index (χ0v) is 42.8. The van der Waals surface area contributed by atoms with Crippen molar-refractivity contribution in [2.24, 2.45) is 39.2 Å². The number of ether oxygens (including phenoxy) is 2. The molecule has 5 aliphatic rings. The number of nitrogens with zero attached hydrogens (tertiary/aromatic N) is 3. The van der Waals surface area contributed by atoms with E-state index in [2.05, 4.69) is 64.5 Å². The van der Waals surface area contributed by atoms with Crippen LogP contribution in [0.5, 0.6) is 0 Å². The molecular formula is C42H82Br2N4O8S2. The first-order valence-corrected chi connectivity index (χ1v) is 27.3. The topological polar surface area (TPSA) is 163 Å². The molecule has 0 aromatic rings. The smallest absolute Gasteiger partial charge is 0.215 e. The fourth-order valence-electron chi connectivity index (χ4n) is 12.4. The van der Waals surface area contributed by atoms with E-state index in [1.54, 1.807) is 8.61 Å². The van der Waals surface area contributed by atoms with Gasteiger partial charge in [0.2, 0.25) is 20.0 Å². The summed E-state index contributed by atoms with van der Waals surface area (Å²) in [5.41, 5.74) is 2.20. The quantitative estimate of drug-likeness (QED) is 0.115. The highest BCUT2D eigenvalue weighted by atomic mass is 79.9. The number of alkyl halides is 2. The summed E-state index contributed by atoms with van der Waals surface area (Å²) >= 11 is 6.48. The lowest BCUT2D eigenvalue weighted by molar-refractivity contribution is -0.114. The van der Waals surface area contributed by atoms with E-state index < -0.39 is 42.1 Å². The molecule has 5 fully saturated rings. The molecule has 0 spiro atoms. The van der Waals surface area contributed by atoms with E-state index in [0.717, 1.165) is 62.6 Å². The summed E-state index contributed by atoms with van der Waals surface area (Å²) in [6.07, 6.45) is 4.84. The molecule has 344 valence electrons. The number of halogens is 2. The first kappa shape index (κ1) is 52.9. The molecule has 1 heterocycles. The summed E-state index contributed by atoms with van der Waals surface area (Å²) in [5, 5.41) is 25.0. The van der Waals surface area contributed by atoms with E-state index >= 15 is 0 Å². The molecular weight excluding hydrogens is 912 g/mol. The van der Waals surface area contributed by atoms with Crippen molar-refractivity contribution in [3.8, 4) is 0 Å². The fourth-order valence-corrected chi connectivity index (χ4v) is 18.6. The van der Waals surface area contributed by atoms with Gasteiger partial charge in [-0.05, 0) is 117 Å². The van der Waals surface area contributed by atoms with E-state index in [-0.39, 0.29) is 53.0 Å². The van der Waals surface area contributed by atoms with Gasteiger partial charge in [-0.1, -0.05) is 59.6 Å². The highest BCUT2D eigenvalue weighted by molar-refractivity contribution is 9.09. The first-order valence-electron chi connectivity index (χ1n) is 21.8. The molecule has 4 bridgehead atoms. The minimum atomic E-state index is -3.50. The molecule has 16 heteroatoms. The second-order valence-electron chi connectivity index (χ2n) is 20.2. The lowest BCUT2D eigenvalue weighted by Gasteiger charge is -2.50. The van der Waals surface area contributed by atoms with Gasteiger partial charge in [-0.15, -0.1) is 0 Å². The average Bonchev–Trinajstić information content (AvgIpc) is 3.59. The van der Waals surface area contributed by atoms with Crippen LogP contribution in [0, 0.1) is 33.5 Å². The normalized spacial score (nSPS) is 33.1. The third-order valence-electron chi connectivity index (χ3n) is 15.2. The van der Waals surface area contributed by atoms with Gasteiger partial charge in [-0.2, -0.15) is 8.61 Å². The average molecular weight is 995 g/mol. The van der Waals surface area contributed by atoms with Crippen LogP contribution in [0.2, 0.25) is 0 Å². The number of β-amino-alcohol motifs (C(OH)–C–C–N with tert-alkyl or cyclic N) is 1. The summed E-state index contributed by atoms with van der Waals surface area (Å²) in [7, 11) is -6.98. The molecule has 1 aliphatic heterocycles. The molecule has 0 aromatic carbocycles. The van der Waals surface area contributed by atoms with Crippen molar-refractivity contribution in [1.29, 1.82) is 0 Å². The summed E-state index contributed by atoms with van der Waals surface area (Å²) in [4.78, 5) is 2.26. The van der Waals surface area contributed by atoms with Crippen LogP contribution in [0.25, 0.3) is 0 Å². The molecule has 6 unspecified atom stereocenters. The third-order valence-corrected chi connectivity index (χ3v) is 20.5. The van der Waals surface area contributed by atoms with Crippen molar-refractivity contribution in [2.45, 2.75) is 157 Å². The number of hydrogen-bond acceptors (Lipinski definition) is 10. The molecule has 6 atom stereocenters. The first-order chi connectivity index (χ1) is 26.6. The van der Waals surface area contributed by atoms with Crippen molar-refractivity contribution in [2.75, 3.05) is 74.8 Å². The van der Waals surface area contributed by atoms with Crippen LogP contribution in [-0.2, 0) is 29.5 Å². The van der Waals surface area contributed by atoms with Gasteiger partial charge < -0.3 is 25.4 Å². The summed E-state index contributed by atoms with van der Waals surface area (Å²) in [5.74, 6) is 0.756. The largest absolute Gasteiger partial charge is 0.388 e. The van der Waals surface area contributed by atoms with Gasteiger partial charge in [-0.3, -0.25) is 4.90 Å². The van der Waals surface area contributed by atoms with Crippen molar-refractivity contribution in [3.05, 3.63) is 0 Å². The monoisotopic (exact) mass is 992 g/mol. The van der Waals surface area contributed by atoms with Crippen LogP contribution in [0.15, 0.2) is 0 Å². The highest BCUT2D eigenvalue weighted by Crippen LogP contribution is 2.71. The minimum Gasteiger partial charge on any atom is -0.388 e. The zero-order chi connectivity index (χ0) is 44.3. The molecule has 58 heavy (non-hydrogen) atoms. The van der Waals surface area contributed by atoms with E-state index in [4.69, 9.17) is 15.2 Å². The standard InChI is InChI=1S/C21H40N2O4S.C17H34N2O3S.C4H8Br2O/c1-16(2)23(17(3)4)28(25,26)15-20-8-7-18(19(20,5)6)13-21(20,24)14-22-9-11-27-12-10-22;1-12(2)19(13(3)4)23(21,22)11-16-8-7-14(15(16,5)6)9-17(16,20)10-18;5-1-3-7-4-2-6/h16-18,24H,7-15H2,1-6H3;12-14,20H,7-11,18H2,1-6H3;1-4H2. The Labute approximate surface area is 370 Å². The SMILES string of the molecule is BrCCOCCBr.CC(C)N(C(C)C)S(=O)(=O)CC12CCC(CC1(O)CN)C2(C)C.CC(C)N(C(C)C)S(=O)(=O)CC12CCC(CC1(O)CN1CCOCC1)C2(C)C. The summed E-state index contributed by atoms with van der Waals surface area (Å²) < 4.78 is 67.4. The highest BCUT2D eigenvalue weighted by Gasteiger charge is 2.73. The number of hydrogen-bond donors (Lipinski definition) is 3. The Balaban J connectivity index is 0.000000271. The van der Waals surface area contributed by atoms with Gasteiger partial charge in [0.25, 0.3) is 0 Å². The van der Waals surface area contributed by atoms with Gasteiger partial charge >= 0.3 is 0 Å². The van der Waals surface area contributed by atoms with Crippen LogP contribution in [-0.4, -0.2) is 151 Å². The Hall–Kier alpha value is 0.540. The van der Waals surface area contributed by atoms with Crippen molar-refractivity contribution in [3.63, 3.8) is 0 Å². The van der Waals surface area contributed by atoms with Crippen LogP contribution in [0.3, 0.4) is 0 Å². The van der Waals surface area contributed by atoms with E-state index in [9.17, 15) is 27.0 Å². The van der Waals surface area contributed by atoms with E-state index in [1.165, 1.54) is 0 Å². The Morgan fingerprint density at radius 2 is 1.07 bits per heavy atom. The molecule has 0 radical (unpaired) electrons. The van der Waals surface area contributed by atoms with Crippen LogP contribution in [0.4, 0.5) is 0 Å². The second kappa shape index (κ2) is 20.2. The Bertz CT molecular complexity index is 1520. The van der Waals surface area contributed by atoms with Crippen LogP contribution < -0.4 is 5.73 Å². The summed E-state index contributed by atoms with van der Waals surface area (Å²) in [6.45, 7) is 29.2. The molecule has 1 saturated heterocycles. The molecule has 0 aromatic heterocycles. The number of nitrogens with two attached hydrogens (primary N) is 1. The van der Waals surface area contributed by atoms with Gasteiger partial charge in [0.15, 0.2) is 0 Å². The maximum atomic E-state index is 13.6. The molecule has 4 aliphatic carbocycles. The lowest BCUT2D eigenvalue weighted by atomic mass is 9.64. The second-order valence-corrected chi connectivity index (χ2v) is 25.5. The third kappa shape index (κ3) is 10.2. The molecule has 4 N–H and O–H groups in total. The van der Waals surface area contributed by atoms with Crippen LogP contribution in [0.1, 0.15) is 122 Å². The molecule has 5 rings (SSSR count). The fraction of sp³-hybridized carbons (Fsp3) is 1.00. The van der Waals surface area contributed by atoms with Gasteiger partial charge in [0, 0.05) is 71.8 Å². The predicted molar refractivity (Wildman–Crippen MR) is 244 cm³/mol. The molecule has 12 nitrogen and oxygen atoms in total. The Kier molecular flexibility index (Phi) is 18.4. The number of morpholine rings is 1. The number of sulfonamides is 2. The lowest BCUT2D eigenvalue weighted by Crippen LogP contribution is -2.61.